The van der Waals surface area contributed by atoms with Gasteiger partial charge in [-0.2, -0.15) is 0 Å². The first-order valence-corrected chi connectivity index (χ1v) is 8.22. The highest BCUT2D eigenvalue weighted by atomic mass is 79.9. The van der Waals surface area contributed by atoms with Crippen LogP contribution in [0.3, 0.4) is 0 Å². The summed E-state index contributed by atoms with van der Waals surface area (Å²) in [7, 11) is 0. The SMILES string of the molecule is OCc1ccc(-c2ccc(Br)c(OCc3ccccc3)c2)cc1. The van der Waals surface area contributed by atoms with Gasteiger partial charge in [0.15, 0.2) is 0 Å². The highest BCUT2D eigenvalue weighted by molar-refractivity contribution is 9.10. The van der Waals surface area contributed by atoms with E-state index < -0.39 is 0 Å². The molecule has 0 spiro atoms. The summed E-state index contributed by atoms with van der Waals surface area (Å²) in [5.74, 6) is 0.817. The molecule has 116 valence electrons. The van der Waals surface area contributed by atoms with Gasteiger partial charge in [-0.15, -0.1) is 0 Å². The number of rotatable bonds is 5. The molecule has 0 radical (unpaired) electrons. The van der Waals surface area contributed by atoms with Gasteiger partial charge in [0.2, 0.25) is 0 Å². The van der Waals surface area contributed by atoms with Crippen LogP contribution in [0.1, 0.15) is 11.1 Å². The minimum Gasteiger partial charge on any atom is -0.488 e. The highest BCUT2D eigenvalue weighted by Crippen LogP contribution is 2.31. The number of hydrogen-bond acceptors (Lipinski definition) is 2. The van der Waals surface area contributed by atoms with E-state index in [2.05, 4.69) is 15.9 Å². The Hall–Kier alpha value is -2.10. The zero-order valence-electron chi connectivity index (χ0n) is 12.6. The molecule has 23 heavy (non-hydrogen) atoms. The van der Waals surface area contributed by atoms with E-state index in [9.17, 15) is 0 Å². The van der Waals surface area contributed by atoms with Crippen molar-refractivity contribution in [2.24, 2.45) is 0 Å². The minimum absolute atomic E-state index is 0.0616. The van der Waals surface area contributed by atoms with Crippen molar-refractivity contribution in [3.05, 3.63) is 88.4 Å². The standard InChI is InChI=1S/C20H17BrO2/c21-19-11-10-18(17-8-6-15(13-22)7-9-17)12-20(19)23-14-16-4-2-1-3-5-16/h1-12,22H,13-14H2. The second kappa shape index (κ2) is 7.44. The molecular weight excluding hydrogens is 352 g/mol. The van der Waals surface area contributed by atoms with Gasteiger partial charge in [-0.05, 0) is 50.3 Å². The van der Waals surface area contributed by atoms with E-state index >= 15 is 0 Å². The molecule has 1 N–H and O–H groups in total. The van der Waals surface area contributed by atoms with E-state index in [1.165, 1.54) is 0 Å². The minimum atomic E-state index is 0.0616. The molecule has 3 heteroatoms. The van der Waals surface area contributed by atoms with E-state index in [4.69, 9.17) is 9.84 Å². The first-order chi connectivity index (χ1) is 11.3. The zero-order valence-corrected chi connectivity index (χ0v) is 14.2. The average molecular weight is 369 g/mol. The molecule has 0 amide bonds. The van der Waals surface area contributed by atoms with E-state index in [0.717, 1.165) is 32.5 Å². The first-order valence-electron chi connectivity index (χ1n) is 7.43. The molecule has 0 aliphatic carbocycles. The molecule has 0 fully saturated rings. The summed E-state index contributed by atoms with van der Waals surface area (Å²) in [5, 5.41) is 9.13. The van der Waals surface area contributed by atoms with Gasteiger partial charge in [0.05, 0.1) is 11.1 Å². The van der Waals surface area contributed by atoms with Gasteiger partial charge in [0.1, 0.15) is 12.4 Å². The largest absolute Gasteiger partial charge is 0.488 e. The molecule has 0 unspecified atom stereocenters. The van der Waals surface area contributed by atoms with Crippen LogP contribution in [0.15, 0.2) is 77.3 Å². The van der Waals surface area contributed by atoms with Crippen LogP contribution in [0.4, 0.5) is 0 Å². The van der Waals surface area contributed by atoms with Crippen molar-refractivity contribution in [3.63, 3.8) is 0 Å². The lowest BCUT2D eigenvalue weighted by Crippen LogP contribution is -1.96. The number of hydrogen-bond donors (Lipinski definition) is 1. The van der Waals surface area contributed by atoms with E-state index in [0.29, 0.717) is 6.61 Å². The average Bonchev–Trinajstić information content (AvgIpc) is 2.62. The Morgan fingerprint density at radius 2 is 1.48 bits per heavy atom. The predicted octanol–water partition coefficient (Wildman–Crippen LogP) is 5.19. The van der Waals surface area contributed by atoms with Gasteiger partial charge >= 0.3 is 0 Å². The normalized spacial score (nSPS) is 10.5. The second-order valence-electron chi connectivity index (χ2n) is 5.27. The summed E-state index contributed by atoms with van der Waals surface area (Å²) >= 11 is 3.54. The number of aliphatic hydroxyl groups is 1. The fourth-order valence-corrected chi connectivity index (χ4v) is 2.69. The van der Waals surface area contributed by atoms with E-state index in [-0.39, 0.29) is 6.61 Å². The van der Waals surface area contributed by atoms with Crippen molar-refractivity contribution in [3.8, 4) is 16.9 Å². The molecule has 2 nitrogen and oxygen atoms in total. The third-order valence-electron chi connectivity index (χ3n) is 3.64. The predicted molar refractivity (Wildman–Crippen MR) is 96.3 cm³/mol. The molecule has 0 bridgehead atoms. The monoisotopic (exact) mass is 368 g/mol. The molecule has 0 aromatic heterocycles. The summed E-state index contributed by atoms with van der Waals surface area (Å²) in [4.78, 5) is 0. The van der Waals surface area contributed by atoms with Crippen molar-refractivity contribution in [2.45, 2.75) is 13.2 Å². The molecule has 0 aliphatic heterocycles. The zero-order chi connectivity index (χ0) is 16.1. The van der Waals surface area contributed by atoms with Crippen molar-refractivity contribution in [2.75, 3.05) is 0 Å². The lowest BCUT2D eigenvalue weighted by Gasteiger charge is -2.11. The lowest BCUT2D eigenvalue weighted by molar-refractivity contribution is 0.282. The molecule has 0 saturated heterocycles. The Balaban J connectivity index is 1.80. The van der Waals surface area contributed by atoms with Gasteiger partial charge < -0.3 is 9.84 Å². The Labute approximate surface area is 144 Å². The Morgan fingerprint density at radius 3 is 2.17 bits per heavy atom. The molecule has 0 heterocycles. The van der Waals surface area contributed by atoms with Crippen LogP contribution < -0.4 is 4.74 Å². The molecule has 3 rings (SSSR count). The third kappa shape index (κ3) is 4.01. The molecule has 0 atom stereocenters. The molecule has 0 saturated carbocycles. The topological polar surface area (TPSA) is 29.5 Å². The number of benzene rings is 3. The van der Waals surface area contributed by atoms with Crippen LogP contribution in [0, 0.1) is 0 Å². The van der Waals surface area contributed by atoms with Gasteiger partial charge in [-0.1, -0.05) is 60.7 Å². The van der Waals surface area contributed by atoms with Crippen LogP contribution >= 0.6 is 15.9 Å². The summed E-state index contributed by atoms with van der Waals surface area (Å²) < 4.78 is 6.88. The van der Waals surface area contributed by atoms with E-state index in [1.807, 2.05) is 72.8 Å². The molecule has 0 aliphatic rings. The summed E-state index contributed by atoms with van der Waals surface area (Å²) in [5.41, 5.74) is 4.23. The fourth-order valence-electron chi connectivity index (χ4n) is 2.33. The molecule has 3 aromatic carbocycles. The first kappa shape index (κ1) is 15.8. The van der Waals surface area contributed by atoms with Gasteiger partial charge in [0, 0.05) is 0 Å². The molecular formula is C20H17BrO2. The van der Waals surface area contributed by atoms with Crippen LogP contribution in [0.2, 0.25) is 0 Å². The molecule has 3 aromatic rings. The lowest BCUT2D eigenvalue weighted by atomic mass is 10.0. The highest BCUT2D eigenvalue weighted by Gasteiger charge is 2.06. The Bertz CT molecular complexity index is 767. The van der Waals surface area contributed by atoms with Crippen LogP contribution in [-0.2, 0) is 13.2 Å². The van der Waals surface area contributed by atoms with Crippen LogP contribution in [0.25, 0.3) is 11.1 Å². The maximum absolute atomic E-state index is 9.13. The van der Waals surface area contributed by atoms with Crippen molar-refractivity contribution in [1.82, 2.24) is 0 Å². The Morgan fingerprint density at radius 1 is 0.783 bits per heavy atom. The van der Waals surface area contributed by atoms with Crippen LogP contribution in [0.5, 0.6) is 5.75 Å². The van der Waals surface area contributed by atoms with Gasteiger partial charge in [-0.25, -0.2) is 0 Å². The number of aliphatic hydroxyl groups excluding tert-OH is 1. The quantitative estimate of drug-likeness (QED) is 0.671. The maximum Gasteiger partial charge on any atom is 0.134 e. The summed E-state index contributed by atoms with van der Waals surface area (Å²) in [6.45, 7) is 0.596. The van der Waals surface area contributed by atoms with Crippen LogP contribution in [-0.4, -0.2) is 5.11 Å². The van der Waals surface area contributed by atoms with Gasteiger partial charge in [0.25, 0.3) is 0 Å². The maximum atomic E-state index is 9.13. The van der Waals surface area contributed by atoms with Crippen molar-refractivity contribution < 1.29 is 9.84 Å². The second-order valence-corrected chi connectivity index (χ2v) is 6.13. The van der Waals surface area contributed by atoms with E-state index in [1.54, 1.807) is 0 Å². The van der Waals surface area contributed by atoms with Gasteiger partial charge in [-0.3, -0.25) is 0 Å². The smallest absolute Gasteiger partial charge is 0.134 e. The summed E-state index contributed by atoms with van der Waals surface area (Å²) in [6, 6.07) is 24.1. The fraction of sp³-hybridized carbons (Fsp3) is 0.100. The number of ether oxygens (including phenoxy) is 1. The van der Waals surface area contributed by atoms with Crippen molar-refractivity contribution >= 4 is 15.9 Å². The Kier molecular flexibility index (Phi) is 5.11. The summed E-state index contributed by atoms with van der Waals surface area (Å²) in [6.07, 6.45) is 0. The number of halogens is 1. The third-order valence-corrected chi connectivity index (χ3v) is 4.29. The van der Waals surface area contributed by atoms with Crippen molar-refractivity contribution in [1.29, 1.82) is 0 Å².